The molecule has 0 aromatic heterocycles. The summed E-state index contributed by atoms with van der Waals surface area (Å²) in [5.74, 6) is 0.481. The van der Waals surface area contributed by atoms with Gasteiger partial charge in [0.2, 0.25) is 0 Å². The second-order valence-electron chi connectivity index (χ2n) is 6.66. The Hall–Kier alpha value is -1.41. The van der Waals surface area contributed by atoms with E-state index in [0.717, 1.165) is 5.56 Å². The highest BCUT2D eigenvalue weighted by Crippen LogP contribution is 2.25. The average molecular weight is 385 g/mol. The zero-order valence-corrected chi connectivity index (χ0v) is 17.8. The molecule has 1 aromatic rings. The molecule has 148 valence electrons. The van der Waals surface area contributed by atoms with Crippen molar-refractivity contribution in [1.82, 2.24) is 0 Å². The fraction of sp³-hybridized carbons (Fsp3) is 0.632. The molecule has 0 saturated carbocycles. The molecule has 0 radical (unpaired) electrons. The number of hydrogen-bond donors (Lipinski definition) is 0. The fourth-order valence-corrected chi connectivity index (χ4v) is 5.04. The maximum Gasteiger partial charge on any atom is 0.514 e. The maximum atomic E-state index is 12.0. The Morgan fingerprint density at radius 1 is 0.962 bits per heavy atom. The molecule has 0 amide bonds. The minimum absolute atomic E-state index is 0.481. The lowest BCUT2D eigenvalue weighted by atomic mass is 10.1. The lowest BCUT2D eigenvalue weighted by Crippen LogP contribution is -2.46. The largest absolute Gasteiger partial charge is 0.514 e. The monoisotopic (exact) mass is 384 g/mol. The van der Waals surface area contributed by atoms with E-state index in [4.69, 9.17) is 22.8 Å². The standard InChI is InChI=1S/C19H32O6Si/c1-7-21-26(22-8-2,23-9-3)15-14-16-12-10-11-13-17(16)24-18(20)25-19(4,5)6/h10-13H,7-9,14-15H2,1-6H3. The molecule has 6 nitrogen and oxygen atoms in total. The molecule has 26 heavy (non-hydrogen) atoms. The molecule has 1 aromatic carbocycles. The molecular weight excluding hydrogens is 352 g/mol. The van der Waals surface area contributed by atoms with Gasteiger partial charge in [0, 0.05) is 25.9 Å². The van der Waals surface area contributed by atoms with Crippen LogP contribution in [0.25, 0.3) is 0 Å². The summed E-state index contributed by atoms with van der Waals surface area (Å²) in [4.78, 5) is 12.0. The van der Waals surface area contributed by atoms with Gasteiger partial charge in [0.05, 0.1) is 0 Å². The summed E-state index contributed by atoms with van der Waals surface area (Å²) in [5, 5.41) is 0. The molecule has 0 fully saturated rings. The Labute approximate surface area is 158 Å². The maximum absolute atomic E-state index is 12.0. The lowest BCUT2D eigenvalue weighted by molar-refractivity contribution is 0.0204. The van der Waals surface area contributed by atoms with E-state index in [1.807, 2.05) is 39.0 Å². The van der Waals surface area contributed by atoms with E-state index < -0.39 is 20.6 Å². The summed E-state index contributed by atoms with van der Waals surface area (Å²) >= 11 is 0. The highest BCUT2D eigenvalue weighted by Gasteiger charge is 2.40. The minimum Gasteiger partial charge on any atom is -0.428 e. The molecule has 1 rings (SSSR count). The van der Waals surface area contributed by atoms with Crippen LogP contribution in [-0.4, -0.2) is 40.4 Å². The van der Waals surface area contributed by atoms with Crippen molar-refractivity contribution in [3.05, 3.63) is 29.8 Å². The number of hydrogen-bond acceptors (Lipinski definition) is 6. The molecular formula is C19H32O6Si. The second-order valence-corrected chi connectivity index (χ2v) is 9.39. The first-order valence-corrected chi connectivity index (χ1v) is 11.1. The van der Waals surface area contributed by atoms with Crippen molar-refractivity contribution in [2.75, 3.05) is 19.8 Å². The molecule has 0 N–H and O–H groups in total. The van der Waals surface area contributed by atoms with E-state index in [-0.39, 0.29) is 0 Å². The van der Waals surface area contributed by atoms with Gasteiger partial charge in [-0.05, 0) is 59.6 Å². The van der Waals surface area contributed by atoms with Gasteiger partial charge in [0.25, 0.3) is 0 Å². The average Bonchev–Trinajstić information content (AvgIpc) is 2.53. The Balaban J connectivity index is 2.87. The molecule has 0 spiro atoms. The minimum atomic E-state index is -2.75. The van der Waals surface area contributed by atoms with Crippen LogP contribution in [0, 0.1) is 0 Å². The molecule has 0 aliphatic carbocycles. The highest BCUT2D eigenvalue weighted by atomic mass is 28.4. The molecule has 0 bridgehead atoms. The SMILES string of the molecule is CCO[Si](CCc1ccccc1OC(=O)OC(C)(C)C)(OCC)OCC. The van der Waals surface area contributed by atoms with Gasteiger partial charge in [-0.1, -0.05) is 18.2 Å². The summed E-state index contributed by atoms with van der Waals surface area (Å²) in [6.45, 7) is 12.8. The Bertz CT molecular complexity index is 538. The third kappa shape index (κ3) is 7.86. The van der Waals surface area contributed by atoms with Crippen LogP contribution >= 0.6 is 0 Å². The van der Waals surface area contributed by atoms with E-state index in [2.05, 4.69) is 0 Å². The first-order valence-electron chi connectivity index (χ1n) is 9.15. The molecule has 0 aliphatic rings. The highest BCUT2D eigenvalue weighted by molar-refractivity contribution is 6.60. The summed E-state index contributed by atoms with van der Waals surface area (Å²) in [5.41, 5.74) is 0.279. The molecule has 0 atom stereocenters. The smallest absolute Gasteiger partial charge is 0.428 e. The van der Waals surface area contributed by atoms with Crippen LogP contribution < -0.4 is 4.74 Å². The molecule has 7 heteroatoms. The third-order valence-corrected chi connectivity index (χ3v) is 6.40. The Morgan fingerprint density at radius 2 is 1.50 bits per heavy atom. The van der Waals surface area contributed by atoms with Gasteiger partial charge < -0.3 is 22.8 Å². The van der Waals surface area contributed by atoms with Crippen molar-refractivity contribution >= 4 is 15.0 Å². The van der Waals surface area contributed by atoms with Crippen molar-refractivity contribution in [2.45, 2.75) is 59.6 Å². The van der Waals surface area contributed by atoms with Gasteiger partial charge in [-0.3, -0.25) is 0 Å². The van der Waals surface area contributed by atoms with Crippen molar-refractivity contribution in [3.63, 3.8) is 0 Å². The van der Waals surface area contributed by atoms with Gasteiger partial charge in [-0.15, -0.1) is 0 Å². The van der Waals surface area contributed by atoms with Gasteiger partial charge in [-0.25, -0.2) is 4.79 Å². The van der Waals surface area contributed by atoms with E-state index in [1.54, 1.807) is 26.8 Å². The normalized spacial score (nSPS) is 12.1. The zero-order chi connectivity index (χ0) is 19.6. The van der Waals surface area contributed by atoms with Crippen molar-refractivity contribution < 1.29 is 27.5 Å². The summed E-state index contributed by atoms with van der Waals surface area (Å²) in [7, 11) is -2.75. The number of carbonyl (C=O) groups is 1. The predicted molar refractivity (Wildman–Crippen MR) is 102 cm³/mol. The Kier molecular flexibility index (Phi) is 9.28. The van der Waals surface area contributed by atoms with E-state index >= 15 is 0 Å². The third-order valence-electron chi connectivity index (χ3n) is 3.35. The summed E-state index contributed by atoms with van der Waals surface area (Å²) in [6.07, 6.45) is -0.0987. The van der Waals surface area contributed by atoms with Crippen LogP contribution in [0.4, 0.5) is 4.79 Å². The van der Waals surface area contributed by atoms with Crippen molar-refractivity contribution in [3.8, 4) is 5.75 Å². The number of aryl methyl sites for hydroxylation is 1. The quantitative estimate of drug-likeness (QED) is 0.334. The van der Waals surface area contributed by atoms with Crippen LogP contribution in [-0.2, 0) is 24.4 Å². The fourth-order valence-electron chi connectivity index (χ4n) is 2.46. The number of ether oxygens (including phenoxy) is 2. The molecule has 0 saturated heterocycles. The van der Waals surface area contributed by atoms with Crippen molar-refractivity contribution in [1.29, 1.82) is 0 Å². The van der Waals surface area contributed by atoms with Crippen LogP contribution in [0.3, 0.4) is 0 Å². The lowest BCUT2D eigenvalue weighted by Gasteiger charge is -2.28. The van der Waals surface area contributed by atoms with Crippen LogP contribution in [0.1, 0.15) is 47.1 Å². The summed E-state index contributed by atoms with van der Waals surface area (Å²) < 4.78 is 28.3. The number of carbonyl (C=O) groups excluding carboxylic acids is 1. The van der Waals surface area contributed by atoms with E-state index in [1.165, 1.54) is 0 Å². The van der Waals surface area contributed by atoms with Gasteiger partial charge >= 0.3 is 15.0 Å². The molecule has 0 aliphatic heterocycles. The van der Waals surface area contributed by atoms with E-state index in [0.29, 0.717) is 38.0 Å². The number of rotatable bonds is 10. The van der Waals surface area contributed by atoms with Gasteiger partial charge in [0.15, 0.2) is 0 Å². The Morgan fingerprint density at radius 3 is 2.00 bits per heavy atom. The van der Waals surface area contributed by atoms with Gasteiger partial charge in [-0.2, -0.15) is 0 Å². The van der Waals surface area contributed by atoms with Gasteiger partial charge in [0.1, 0.15) is 11.4 Å². The van der Waals surface area contributed by atoms with Crippen LogP contribution in [0.5, 0.6) is 5.75 Å². The predicted octanol–water partition coefficient (Wildman–Crippen LogP) is 4.59. The second kappa shape index (κ2) is 10.7. The van der Waals surface area contributed by atoms with Crippen molar-refractivity contribution in [2.24, 2.45) is 0 Å². The first kappa shape index (κ1) is 22.6. The number of para-hydroxylation sites is 1. The first-order chi connectivity index (χ1) is 12.2. The van der Waals surface area contributed by atoms with E-state index in [9.17, 15) is 4.79 Å². The summed E-state index contributed by atoms with van der Waals surface area (Å²) in [6, 6.07) is 8.01. The van der Waals surface area contributed by atoms with Crippen LogP contribution in [0.2, 0.25) is 6.04 Å². The molecule has 0 unspecified atom stereocenters. The molecule has 0 heterocycles. The topological polar surface area (TPSA) is 63.2 Å². The zero-order valence-electron chi connectivity index (χ0n) is 16.8. The number of benzene rings is 1. The van der Waals surface area contributed by atoms with Crippen LogP contribution in [0.15, 0.2) is 24.3 Å².